The summed E-state index contributed by atoms with van der Waals surface area (Å²) in [6.07, 6.45) is -5.48. The quantitative estimate of drug-likeness (QED) is 0.396. The van der Waals surface area contributed by atoms with Crippen molar-refractivity contribution in [2.24, 2.45) is 5.41 Å². The van der Waals surface area contributed by atoms with Gasteiger partial charge in [0.05, 0.1) is 28.3 Å². The molecule has 3 fully saturated rings. The number of imidazole rings is 1. The molecule has 3 saturated carbocycles. The first kappa shape index (κ1) is 28.1. The van der Waals surface area contributed by atoms with E-state index in [1.807, 2.05) is 0 Å². The maximum atomic E-state index is 13.2. The molecule has 2 bridgehead atoms. The molecule has 10 nitrogen and oxygen atoms in total. The molecule has 0 unspecified atom stereocenters. The molecular formula is C22H18F6N6O4S. The zero-order chi connectivity index (χ0) is 29.0. The molecule has 0 saturated heterocycles. The molecule has 2 aromatic heterocycles. The Kier molecular flexibility index (Phi) is 6.55. The number of nitrogens with zero attached hydrogens (tertiary/aromatic N) is 4. The molecule has 0 radical (unpaired) electrons. The summed E-state index contributed by atoms with van der Waals surface area (Å²) in [5, 5.41) is 16.4. The third-order valence-electron chi connectivity index (χ3n) is 6.51. The molecule has 1 aromatic carbocycles. The Balaban J connectivity index is 0.000000448. The fourth-order valence-electron chi connectivity index (χ4n) is 4.86. The lowest BCUT2D eigenvalue weighted by molar-refractivity contribution is -0.192. The number of nitrogen functional groups attached to an aromatic ring is 1. The number of hydrogen-bond donors (Lipinski definition) is 3. The number of carbonyl (C=O) groups is 1. The molecule has 0 amide bonds. The predicted octanol–water partition coefficient (Wildman–Crippen LogP) is 3.75. The maximum Gasteiger partial charge on any atom is 0.490 e. The second-order valence-corrected chi connectivity index (χ2v) is 11.0. The molecule has 2 heterocycles. The van der Waals surface area contributed by atoms with Crippen molar-refractivity contribution in [1.29, 1.82) is 5.26 Å². The van der Waals surface area contributed by atoms with Crippen molar-refractivity contribution in [2.45, 2.75) is 48.5 Å². The number of hydrogen-bond acceptors (Lipinski definition) is 7. The number of aliphatic carboxylic acids is 1. The van der Waals surface area contributed by atoms with E-state index in [9.17, 15) is 40.0 Å². The van der Waals surface area contributed by atoms with Crippen LogP contribution in [0.15, 0.2) is 41.6 Å². The average Bonchev–Trinajstić information content (AvgIpc) is 3.50. The van der Waals surface area contributed by atoms with E-state index in [0.717, 1.165) is 10.6 Å². The molecule has 17 heteroatoms. The van der Waals surface area contributed by atoms with E-state index in [1.165, 1.54) is 24.4 Å². The summed E-state index contributed by atoms with van der Waals surface area (Å²) in [4.78, 5) is 16.3. The summed E-state index contributed by atoms with van der Waals surface area (Å²) in [6, 6.07) is 8.14. The second-order valence-electron chi connectivity index (χ2n) is 9.31. The number of halogens is 6. The molecule has 0 atom stereocenters. The number of sulfonamides is 1. The zero-order valence-electron chi connectivity index (χ0n) is 19.5. The van der Waals surface area contributed by atoms with Gasteiger partial charge in [-0.15, -0.1) is 0 Å². The van der Waals surface area contributed by atoms with Crippen molar-refractivity contribution in [1.82, 2.24) is 19.1 Å². The van der Waals surface area contributed by atoms with Crippen LogP contribution >= 0.6 is 0 Å². The van der Waals surface area contributed by atoms with Crippen molar-refractivity contribution in [3.63, 3.8) is 0 Å². The third-order valence-corrected chi connectivity index (χ3v) is 8.09. The van der Waals surface area contributed by atoms with Gasteiger partial charge >= 0.3 is 18.3 Å². The number of benzene rings is 1. The number of nitrogens with two attached hydrogens (primary N) is 1. The van der Waals surface area contributed by atoms with Crippen molar-refractivity contribution >= 4 is 27.5 Å². The Morgan fingerprint density at radius 1 is 1.18 bits per heavy atom. The van der Waals surface area contributed by atoms with Crippen molar-refractivity contribution in [3.8, 4) is 17.3 Å². The number of aromatic nitrogens is 3. The number of anilines is 1. The van der Waals surface area contributed by atoms with Gasteiger partial charge in [0.1, 0.15) is 0 Å². The number of nitrogens with one attached hydrogen (secondary N) is 1. The topological polar surface area (TPSA) is 163 Å². The summed E-state index contributed by atoms with van der Waals surface area (Å²) in [5.74, 6) is -3.14. The molecule has 39 heavy (non-hydrogen) atoms. The van der Waals surface area contributed by atoms with E-state index in [1.54, 1.807) is 6.07 Å². The number of fused-ring (bicyclic) bond motifs is 2. The molecule has 0 aliphatic heterocycles. The molecule has 4 N–H and O–H groups in total. The van der Waals surface area contributed by atoms with Crippen LogP contribution in [0.1, 0.15) is 31.4 Å². The molecule has 3 aliphatic carbocycles. The van der Waals surface area contributed by atoms with Crippen molar-refractivity contribution < 1.29 is 44.7 Å². The van der Waals surface area contributed by atoms with Crippen LogP contribution in [-0.4, -0.2) is 45.6 Å². The lowest BCUT2D eigenvalue weighted by Gasteiger charge is -2.43. The number of carboxylic acid groups (broad SMARTS) is 1. The first-order valence-corrected chi connectivity index (χ1v) is 12.5. The summed E-state index contributed by atoms with van der Waals surface area (Å²) >= 11 is 0. The van der Waals surface area contributed by atoms with Gasteiger partial charge in [-0.1, -0.05) is 12.1 Å². The Hall–Kier alpha value is -3.91. The molecule has 3 aliphatic rings. The SMILES string of the molecule is N#CC12CCC(NS(=O)(=O)c3cccc(-c4cnc5c(N)nc(C(F)(F)F)cn45)c3)(C1)C2.O=C(O)C(F)(F)F. The van der Waals surface area contributed by atoms with Gasteiger partial charge in [0, 0.05) is 17.3 Å². The van der Waals surface area contributed by atoms with E-state index >= 15 is 0 Å². The van der Waals surface area contributed by atoms with Crippen LogP contribution in [-0.2, 0) is 21.0 Å². The van der Waals surface area contributed by atoms with Gasteiger partial charge in [0.25, 0.3) is 0 Å². The number of nitriles is 1. The van der Waals surface area contributed by atoms with Gasteiger partial charge in [-0.25, -0.2) is 27.9 Å². The van der Waals surface area contributed by atoms with Gasteiger partial charge in [-0.2, -0.15) is 31.6 Å². The highest BCUT2D eigenvalue weighted by molar-refractivity contribution is 7.89. The summed E-state index contributed by atoms with van der Waals surface area (Å²) in [6.45, 7) is 0. The summed E-state index contributed by atoms with van der Waals surface area (Å²) in [7, 11) is -3.91. The highest BCUT2D eigenvalue weighted by Crippen LogP contribution is 2.61. The first-order valence-electron chi connectivity index (χ1n) is 11.0. The molecule has 208 valence electrons. The van der Waals surface area contributed by atoms with Crippen molar-refractivity contribution in [3.05, 3.63) is 42.4 Å². The molecule has 6 rings (SSSR count). The van der Waals surface area contributed by atoms with Crippen LogP contribution in [0.2, 0.25) is 0 Å². The number of alkyl halides is 6. The Bertz CT molecular complexity index is 1600. The molecule has 3 aromatic rings. The summed E-state index contributed by atoms with van der Waals surface area (Å²) in [5.41, 5.74) is 4.04. The minimum absolute atomic E-state index is 0.0289. The van der Waals surface area contributed by atoms with Gasteiger partial charge in [-0.05, 0) is 37.8 Å². The third kappa shape index (κ3) is 5.34. The maximum absolute atomic E-state index is 13.2. The standard InChI is InChI=1S/C20H17F3N6O2S.C2HF3O2/c21-20(22,23)15-8-29-14(7-26-17(29)16(25)27-15)12-2-1-3-13(6-12)32(30,31)28-19-5-4-18(9-19,10-19)11-24;3-2(4,5)1(6)7/h1-3,6-8,28H,4-5,9-10H2,(H2,25,27);(H,6,7). The van der Waals surface area contributed by atoms with E-state index < -0.39 is 45.0 Å². The van der Waals surface area contributed by atoms with Crippen LogP contribution in [0.5, 0.6) is 0 Å². The van der Waals surface area contributed by atoms with Crippen molar-refractivity contribution in [2.75, 3.05) is 5.73 Å². The Morgan fingerprint density at radius 2 is 1.82 bits per heavy atom. The fraction of sp³-hybridized carbons (Fsp3) is 0.364. The number of rotatable bonds is 4. The van der Waals surface area contributed by atoms with Gasteiger partial charge in [0.2, 0.25) is 10.0 Å². The van der Waals surface area contributed by atoms with E-state index in [-0.39, 0.29) is 22.1 Å². The largest absolute Gasteiger partial charge is 0.490 e. The highest BCUT2D eigenvalue weighted by Gasteiger charge is 2.62. The van der Waals surface area contributed by atoms with E-state index in [4.69, 9.17) is 15.6 Å². The van der Waals surface area contributed by atoms with Gasteiger partial charge in [0.15, 0.2) is 17.2 Å². The second kappa shape index (κ2) is 9.09. The van der Waals surface area contributed by atoms with Gasteiger partial charge < -0.3 is 10.8 Å². The molecule has 0 spiro atoms. The van der Waals surface area contributed by atoms with Crippen LogP contribution in [0.3, 0.4) is 0 Å². The lowest BCUT2D eigenvalue weighted by atomic mass is 9.66. The Morgan fingerprint density at radius 3 is 2.36 bits per heavy atom. The monoisotopic (exact) mass is 576 g/mol. The fourth-order valence-corrected chi connectivity index (χ4v) is 6.34. The average molecular weight is 576 g/mol. The Labute approximate surface area is 216 Å². The van der Waals surface area contributed by atoms with Gasteiger partial charge in [-0.3, -0.25) is 4.40 Å². The zero-order valence-corrected chi connectivity index (χ0v) is 20.3. The predicted molar refractivity (Wildman–Crippen MR) is 121 cm³/mol. The highest BCUT2D eigenvalue weighted by atomic mass is 32.2. The van der Waals surface area contributed by atoms with Crippen LogP contribution in [0, 0.1) is 16.7 Å². The number of carboxylic acids is 1. The van der Waals surface area contributed by atoms with Crippen LogP contribution in [0.4, 0.5) is 32.2 Å². The van der Waals surface area contributed by atoms with Crippen LogP contribution in [0.25, 0.3) is 16.9 Å². The molecular weight excluding hydrogens is 558 g/mol. The minimum Gasteiger partial charge on any atom is -0.475 e. The first-order chi connectivity index (χ1) is 17.9. The van der Waals surface area contributed by atoms with E-state index in [2.05, 4.69) is 20.8 Å². The normalized spacial score (nSPS) is 22.5. The summed E-state index contributed by atoms with van der Waals surface area (Å²) < 4.78 is 101. The lowest BCUT2D eigenvalue weighted by Crippen LogP contribution is -2.55. The van der Waals surface area contributed by atoms with Crippen LogP contribution < -0.4 is 10.5 Å². The van der Waals surface area contributed by atoms with E-state index in [0.29, 0.717) is 31.2 Å². The minimum atomic E-state index is -5.08. The smallest absolute Gasteiger partial charge is 0.475 e.